The van der Waals surface area contributed by atoms with E-state index in [4.69, 9.17) is 10.0 Å². The summed E-state index contributed by atoms with van der Waals surface area (Å²) in [6.45, 7) is 1.20. The molecule has 0 bridgehead atoms. The molecule has 1 amide bonds. The largest absolute Gasteiger partial charge is 0.392 e. The number of tetrazole rings is 1. The molecule has 0 radical (unpaired) electrons. The van der Waals surface area contributed by atoms with Gasteiger partial charge in [-0.3, -0.25) is 10.0 Å². The molecule has 0 spiro atoms. The number of amides is 1. The van der Waals surface area contributed by atoms with Crippen LogP contribution in [0.2, 0.25) is 0 Å². The minimum absolute atomic E-state index is 0.169. The van der Waals surface area contributed by atoms with E-state index in [1.54, 1.807) is 36.4 Å². The molecule has 0 aliphatic carbocycles. The lowest BCUT2D eigenvalue weighted by Crippen LogP contribution is -2.51. The fourth-order valence-corrected chi connectivity index (χ4v) is 4.56. The maximum Gasteiger partial charge on any atom is 0.264 e. The molecule has 3 N–H and O–H groups in total. The number of benzene rings is 2. The molecule has 34 heavy (non-hydrogen) atoms. The normalized spacial score (nSPS) is 17.5. The Kier molecular flexibility index (Phi) is 6.15. The predicted molar refractivity (Wildman–Crippen MR) is 119 cm³/mol. The Balaban J connectivity index is 1.49. The number of carbonyl (C=O) groups excluding carboxylic acids is 1. The number of nitrogens with one attached hydrogen (secondary N) is 2. The maximum atomic E-state index is 14.9. The Morgan fingerprint density at radius 1 is 1.24 bits per heavy atom. The molecule has 0 fully saturated rings. The van der Waals surface area contributed by atoms with Crippen LogP contribution in [-0.2, 0) is 19.5 Å². The summed E-state index contributed by atoms with van der Waals surface area (Å²) < 4.78 is 37.4. The van der Waals surface area contributed by atoms with Gasteiger partial charge in [-0.2, -0.15) is 5.21 Å². The molecule has 2 heterocycles. The lowest BCUT2D eigenvalue weighted by molar-refractivity contribution is -0.132. The second kappa shape index (κ2) is 8.91. The standard InChI is InChI=1S/C21H21FN6O5S/c1-21(20(29)25-30,34(2,31)32)11-15-10-18(26-33-15)14-7-8-16(17(22)9-14)12-3-5-13(6-4-12)19-23-27-28-24-19/h3-9,15,30H,10-11H2,1-2H3,(H,25,29)(H,23,24,27,28)/t15-,21?/m1/s1. The number of hydrogen-bond donors (Lipinski definition) is 3. The second-order valence-electron chi connectivity index (χ2n) is 8.12. The van der Waals surface area contributed by atoms with Gasteiger partial charge in [0.15, 0.2) is 14.6 Å². The summed E-state index contributed by atoms with van der Waals surface area (Å²) >= 11 is 0. The molecule has 1 unspecified atom stereocenters. The van der Waals surface area contributed by atoms with E-state index >= 15 is 0 Å². The van der Waals surface area contributed by atoms with Gasteiger partial charge in [-0.1, -0.05) is 41.6 Å². The smallest absolute Gasteiger partial charge is 0.264 e. The van der Waals surface area contributed by atoms with E-state index in [1.165, 1.54) is 18.5 Å². The molecule has 0 saturated heterocycles. The van der Waals surface area contributed by atoms with Crippen molar-refractivity contribution >= 4 is 21.5 Å². The molecule has 1 aliphatic heterocycles. The number of oxime groups is 1. The Hall–Kier alpha value is -3.71. The number of rotatable bonds is 7. The summed E-state index contributed by atoms with van der Waals surface area (Å²) in [7, 11) is -3.88. The van der Waals surface area contributed by atoms with E-state index in [-0.39, 0.29) is 12.8 Å². The van der Waals surface area contributed by atoms with Crippen LogP contribution in [0.25, 0.3) is 22.5 Å². The Labute approximate surface area is 193 Å². The average Bonchev–Trinajstić information content (AvgIpc) is 3.50. The number of aromatic nitrogens is 4. The van der Waals surface area contributed by atoms with Crippen molar-refractivity contribution in [3.05, 3.63) is 53.8 Å². The molecule has 1 aromatic heterocycles. The predicted octanol–water partition coefficient (Wildman–Crippen LogP) is 1.86. The zero-order valence-corrected chi connectivity index (χ0v) is 19.0. The van der Waals surface area contributed by atoms with Crippen molar-refractivity contribution in [3.8, 4) is 22.5 Å². The number of sulfone groups is 1. The number of hydroxylamine groups is 1. The third-order valence-electron chi connectivity index (χ3n) is 5.85. The van der Waals surface area contributed by atoms with Gasteiger partial charge in [0.2, 0.25) is 5.82 Å². The lowest BCUT2D eigenvalue weighted by atomic mass is 9.95. The van der Waals surface area contributed by atoms with Crippen LogP contribution < -0.4 is 5.48 Å². The third-order valence-corrected chi connectivity index (χ3v) is 7.84. The van der Waals surface area contributed by atoms with Gasteiger partial charge in [-0.15, -0.1) is 10.2 Å². The first kappa shape index (κ1) is 23.4. The highest BCUT2D eigenvalue weighted by Gasteiger charge is 2.47. The van der Waals surface area contributed by atoms with Crippen LogP contribution in [0.15, 0.2) is 47.6 Å². The summed E-state index contributed by atoms with van der Waals surface area (Å²) in [5, 5.41) is 26.6. The van der Waals surface area contributed by atoms with Crippen LogP contribution in [0.4, 0.5) is 4.39 Å². The van der Waals surface area contributed by atoms with Crippen LogP contribution >= 0.6 is 0 Å². The van der Waals surface area contributed by atoms with Crippen LogP contribution in [0.1, 0.15) is 25.3 Å². The lowest BCUT2D eigenvalue weighted by Gasteiger charge is -2.26. The Bertz CT molecular complexity index is 1340. The van der Waals surface area contributed by atoms with Gasteiger partial charge in [-0.05, 0) is 23.8 Å². The Morgan fingerprint density at radius 2 is 1.91 bits per heavy atom. The zero-order valence-electron chi connectivity index (χ0n) is 18.2. The molecular weight excluding hydrogens is 467 g/mol. The Morgan fingerprint density at radius 3 is 2.50 bits per heavy atom. The maximum absolute atomic E-state index is 14.9. The summed E-state index contributed by atoms with van der Waals surface area (Å²) in [6.07, 6.45) is 0.0925. The highest BCUT2D eigenvalue weighted by atomic mass is 32.2. The molecule has 0 saturated carbocycles. The molecule has 13 heteroatoms. The van der Waals surface area contributed by atoms with Gasteiger partial charge < -0.3 is 4.84 Å². The van der Waals surface area contributed by atoms with Crippen molar-refractivity contribution in [1.82, 2.24) is 26.1 Å². The van der Waals surface area contributed by atoms with Gasteiger partial charge in [0, 0.05) is 35.8 Å². The van der Waals surface area contributed by atoms with E-state index < -0.39 is 32.4 Å². The average molecular weight is 489 g/mol. The van der Waals surface area contributed by atoms with E-state index in [0.29, 0.717) is 28.2 Å². The summed E-state index contributed by atoms with van der Waals surface area (Å²) in [5.74, 6) is -1.11. The van der Waals surface area contributed by atoms with Crippen LogP contribution in [0, 0.1) is 5.82 Å². The van der Waals surface area contributed by atoms with Crippen LogP contribution in [-0.4, -0.2) is 63.0 Å². The summed E-state index contributed by atoms with van der Waals surface area (Å²) in [6, 6.07) is 11.6. The quantitative estimate of drug-likeness (QED) is 0.336. The zero-order chi connectivity index (χ0) is 24.5. The van der Waals surface area contributed by atoms with E-state index in [2.05, 4.69) is 25.8 Å². The topological polar surface area (TPSA) is 160 Å². The summed E-state index contributed by atoms with van der Waals surface area (Å²) in [5.41, 5.74) is 4.05. The minimum atomic E-state index is -3.88. The monoisotopic (exact) mass is 488 g/mol. The van der Waals surface area contributed by atoms with E-state index in [1.807, 2.05) is 0 Å². The van der Waals surface area contributed by atoms with Crippen molar-refractivity contribution in [1.29, 1.82) is 0 Å². The molecular formula is C21H21FN6O5S. The number of nitrogens with zero attached hydrogens (tertiary/aromatic N) is 4. The molecule has 178 valence electrons. The fourth-order valence-electron chi connectivity index (χ4n) is 3.69. The summed E-state index contributed by atoms with van der Waals surface area (Å²) in [4.78, 5) is 17.4. The second-order valence-corrected chi connectivity index (χ2v) is 10.6. The number of H-pyrrole nitrogens is 1. The number of carbonyl (C=O) groups is 1. The van der Waals surface area contributed by atoms with Gasteiger partial charge in [0.1, 0.15) is 11.9 Å². The van der Waals surface area contributed by atoms with Crippen molar-refractivity contribution in [3.63, 3.8) is 0 Å². The molecule has 2 atom stereocenters. The highest BCUT2D eigenvalue weighted by Crippen LogP contribution is 2.31. The van der Waals surface area contributed by atoms with Crippen molar-refractivity contribution < 1.29 is 27.6 Å². The number of aromatic amines is 1. The van der Waals surface area contributed by atoms with Crippen molar-refractivity contribution in [2.75, 3.05) is 6.26 Å². The van der Waals surface area contributed by atoms with Gasteiger partial charge in [-0.25, -0.2) is 18.3 Å². The van der Waals surface area contributed by atoms with Crippen LogP contribution in [0.5, 0.6) is 0 Å². The van der Waals surface area contributed by atoms with E-state index in [0.717, 1.165) is 11.8 Å². The minimum Gasteiger partial charge on any atom is -0.392 e. The highest BCUT2D eigenvalue weighted by molar-refractivity contribution is 7.92. The van der Waals surface area contributed by atoms with Crippen molar-refractivity contribution in [2.24, 2.45) is 5.16 Å². The SMILES string of the molecule is CC(C[C@H]1CC(c2ccc(-c3ccc(-c4nn[nH]n4)cc3)c(F)c2)=NO1)(C(=O)NO)S(C)(=O)=O. The first-order valence-electron chi connectivity index (χ1n) is 10.1. The van der Waals surface area contributed by atoms with Gasteiger partial charge in [0.05, 0.1) is 5.71 Å². The number of halogens is 1. The molecule has 1 aliphatic rings. The van der Waals surface area contributed by atoms with Crippen LogP contribution in [0.3, 0.4) is 0 Å². The first-order chi connectivity index (χ1) is 16.1. The van der Waals surface area contributed by atoms with Crippen molar-refractivity contribution in [2.45, 2.75) is 30.6 Å². The van der Waals surface area contributed by atoms with Gasteiger partial charge in [0.25, 0.3) is 5.91 Å². The van der Waals surface area contributed by atoms with Gasteiger partial charge >= 0.3 is 0 Å². The third kappa shape index (κ3) is 4.39. The molecule has 11 nitrogen and oxygen atoms in total. The first-order valence-corrected chi connectivity index (χ1v) is 12.0. The molecule has 4 rings (SSSR count). The number of hydrogen-bond acceptors (Lipinski definition) is 9. The van der Waals surface area contributed by atoms with E-state index in [9.17, 15) is 17.6 Å². The molecule has 2 aromatic carbocycles. The fraction of sp³-hybridized carbons (Fsp3) is 0.286. The molecule has 3 aromatic rings.